The van der Waals surface area contributed by atoms with E-state index >= 15 is 0 Å². The van der Waals surface area contributed by atoms with Crippen LogP contribution in [0.3, 0.4) is 0 Å². The van der Waals surface area contributed by atoms with Crippen LogP contribution in [0.4, 0.5) is 0 Å². The molecule has 2 rings (SSSR count). The lowest BCUT2D eigenvalue weighted by Crippen LogP contribution is -2.06. The van der Waals surface area contributed by atoms with Gasteiger partial charge in [0.25, 0.3) is 5.91 Å². The zero-order valence-corrected chi connectivity index (χ0v) is 10.2. The molecular formula is C12H8Cl2N2O. The lowest BCUT2D eigenvalue weighted by molar-refractivity contribution is 0.0955. The molecule has 86 valence electrons. The SMILES string of the molecule is O=C(C=Cc1ccc(Cl)cc1Cl)n1cccn1. The highest BCUT2D eigenvalue weighted by Gasteiger charge is 2.01. The summed E-state index contributed by atoms with van der Waals surface area (Å²) in [4.78, 5) is 11.6. The topological polar surface area (TPSA) is 34.9 Å². The van der Waals surface area contributed by atoms with Crippen molar-refractivity contribution in [3.8, 4) is 0 Å². The second-order valence-corrected chi connectivity index (χ2v) is 4.13. The minimum Gasteiger partial charge on any atom is -0.267 e. The van der Waals surface area contributed by atoms with Gasteiger partial charge >= 0.3 is 0 Å². The van der Waals surface area contributed by atoms with Crippen molar-refractivity contribution in [3.05, 3.63) is 58.3 Å². The van der Waals surface area contributed by atoms with E-state index in [4.69, 9.17) is 23.2 Å². The summed E-state index contributed by atoms with van der Waals surface area (Å²) in [5.41, 5.74) is 0.733. The maximum absolute atomic E-state index is 11.6. The second-order valence-electron chi connectivity index (χ2n) is 3.29. The fourth-order valence-electron chi connectivity index (χ4n) is 1.27. The maximum atomic E-state index is 11.6. The van der Waals surface area contributed by atoms with E-state index in [1.807, 2.05) is 0 Å². The van der Waals surface area contributed by atoms with Crippen LogP contribution in [0, 0.1) is 0 Å². The first-order valence-electron chi connectivity index (χ1n) is 4.84. The van der Waals surface area contributed by atoms with E-state index in [-0.39, 0.29) is 5.91 Å². The Morgan fingerprint density at radius 3 is 2.82 bits per heavy atom. The molecule has 0 N–H and O–H groups in total. The van der Waals surface area contributed by atoms with E-state index in [1.54, 1.807) is 42.7 Å². The number of hydrogen-bond acceptors (Lipinski definition) is 2. The van der Waals surface area contributed by atoms with Crippen molar-refractivity contribution in [2.75, 3.05) is 0 Å². The molecule has 0 aliphatic heterocycles. The van der Waals surface area contributed by atoms with Crippen LogP contribution < -0.4 is 0 Å². The average Bonchev–Trinajstić information content (AvgIpc) is 2.81. The quantitative estimate of drug-likeness (QED) is 0.780. The first kappa shape index (κ1) is 11.9. The predicted molar refractivity (Wildman–Crippen MR) is 68.3 cm³/mol. The summed E-state index contributed by atoms with van der Waals surface area (Å²) in [6.07, 6.45) is 6.15. The minimum absolute atomic E-state index is 0.235. The summed E-state index contributed by atoms with van der Waals surface area (Å²) < 4.78 is 1.24. The van der Waals surface area contributed by atoms with Crippen LogP contribution >= 0.6 is 23.2 Å². The summed E-state index contributed by atoms with van der Waals surface area (Å²) in [7, 11) is 0. The molecular weight excluding hydrogens is 259 g/mol. The fraction of sp³-hybridized carbons (Fsp3) is 0. The molecule has 0 spiro atoms. The van der Waals surface area contributed by atoms with Crippen LogP contribution in [0.15, 0.2) is 42.7 Å². The largest absolute Gasteiger partial charge is 0.270 e. The van der Waals surface area contributed by atoms with Gasteiger partial charge in [-0.2, -0.15) is 5.10 Å². The van der Waals surface area contributed by atoms with E-state index in [0.29, 0.717) is 10.0 Å². The molecule has 0 saturated heterocycles. The first-order chi connectivity index (χ1) is 8.16. The fourth-order valence-corrected chi connectivity index (χ4v) is 1.74. The van der Waals surface area contributed by atoms with Gasteiger partial charge < -0.3 is 0 Å². The smallest absolute Gasteiger partial charge is 0.267 e. The van der Waals surface area contributed by atoms with Gasteiger partial charge in [-0.1, -0.05) is 29.3 Å². The minimum atomic E-state index is -0.235. The van der Waals surface area contributed by atoms with Gasteiger partial charge in [-0.05, 0) is 29.8 Å². The van der Waals surface area contributed by atoms with E-state index in [2.05, 4.69) is 5.10 Å². The van der Waals surface area contributed by atoms with Crippen molar-refractivity contribution in [1.29, 1.82) is 0 Å². The molecule has 1 aromatic heterocycles. The van der Waals surface area contributed by atoms with Gasteiger partial charge in [0.15, 0.2) is 0 Å². The summed E-state index contributed by atoms with van der Waals surface area (Å²) in [5, 5.41) is 4.89. The van der Waals surface area contributed by atoms with Crippen LogP contribution in [0.5, 0.6) is 0 Å². The van der Waals surface area contributed by atoms with Gasteiger partial charge in [-0.3, -0.25) is 4.79 Å². The third-order valence-electron chi connectivity index (χ3n) is 2.10. The van der Waals surface area contributed by atoms with Gasteiger partial charge in [0.05, 0.1) is 0 Å². The third-order valence-corrected chi connectivity index (χ3v) is 2.66. The Bertz CT molecular complexity index is 562. The van der Waals surface area contributed by atoms with Crippen LogP contribution in [0.2, 0.25) is 10.0 Å². The van der Waals surface area contributed by atoms with Crippen molar-refractivity contribution in [2.24, 2.45) is 0 Å². The van der Waals surface area contributed by atoms with Crippen molar-refractivity contribution >= 4 is 35.2 Å². The lowest BCUT2D eigenvalue weighted by Gasteiger charge is -1.98. The van der Waals surface area contributed by atoms with Crippen LogP contribution in [0.1, 0.15) is 10.4 Å². The summed E-state index contributed by atoms with van der Waals surface area (Å²) in [6, 6.07) is 6.77. The number of hydrogen-bond donors (Lipinski definition) is 0. The van der Waals surface area contributed by atoms with Gasteiger partial charge in [0, 0.05) is 28.5 Å². The van der Waals surface area contributed by atoms with Crippen molar-refractivity contribution in [1.82, 2.24) is 9.78 Å². The van der Waals surface area contributed by atoms with Gasteiger partial charge in [0.1, 0.15) is 0 Å². The lowest BCUT2D eigenvalue weighted by atomic mass is 10.2. The summed E-state index contributed by atoms with van der Waals surface area (Å²) in [6.45, 7) is 0. The first-order valence-corrected chi connectivity index (χ1v) is 5.59. The Kier molecular flexibility index (Phi) is 3.61. The van der Waals surface area contributed by atoms with E-state index < -0.39 is 0 Å². The Hall–Kier alpha value is -1.58. The number of carbonyl (C=O) groups is 1. The standard InChI is InChI=1S/C12H8Cl2N2O/c13-10-4-2-9(11(14)8-10)3-5-12(17)16-7-1-6-15-16/h1-8H. The molecule has 0 unspecified atom stereocenters. The summed E-state index contributed by atoms with van der Waals surface area (Å²) >= 11 is 11.7. The molecule has 0 aliphatic rings. The predicted octanol–water partition coefficient (Wildman–Crippen LogP) is 3.54. The molecule has 3 nitrogen and oxygen atoms in total. The number of carbonyl (C=O) groups excluding carboxylic acids is 1. The monoisotopic (exact) mass is 266 g/mol. The number of nitrogens with zero attached hydrogens (tertiary/aromatic N) is 2. The molecule has 0 atom stereocenters. The number of allylic oxidation sites excluding steroid dienone is 1. The van der Waals surface area contributed by atoms with E-state index in [0.717, 1.165) is 5.56 Å². The Morgan fingerprint density at radius 1 is 1.35 bits per heavy atom. The zero-order chi connectivity index (χ0) is 12.3. The average molecular weight is 267 g/mol. The number of halogens is 2. The van der Waals surface area contributed by atoms with E-state index in [9.17, 15) is 4.79 Å². The Balaban J connectivity index is 2.18. The van der Waals surface area contributed by atoms with Gasteiger partial charge in [0.2, 0.25) is 0 Å². The van der Waals surface area contributed by atoms with Crippen molar-refractivity contribution in [2.45, 2.75) is 0 Å². The highest BCUT2D eigenvalue weighted by Crippen LogP contribution is 2.21. The zero-order valence-electron chi connectivity index (χ0n) is 8.68. The molecule has 0 fully saturated rings. The highest BCUT2D eigenvalue weighted by molar-refractivity contribution is 6.35. The molecule has 2 aromatic rings. The molecule has 0 radical (unpaired) electrons. The molecule has 0 saturated carbocycles. The molecule has 0 amide bonds. The van der Waals surface area contributed by atoms with E-state index in [1.165, 1.54) is 10.8 Å². The highest BCUT2D eigenvalue weighted by atomic mass is 35.5. The Labute approximate surface area is 108 Å². The molecule has 0 aliphatic carbocycles. The maximum Gasteiger partial charge on any atom is 0.270 e. The third kappa shape index (κ3) is 2.96. The molecule has 5 heteroatoms. The number of benzene rings is 1. The van der Waals surface area contributed by atoms with Crippen LogP contribution in [-0.2, 0) is 0 Å². The number of aromatic nitrogens is 2. The molecule has 1 heterocycles. The van der Waals surface area contributed by atoms with Gasteiger partial charge in [-0.15, -0.1) is 0 Å². The van der Waals surface area contributed by atoms with Crippen molar-refractivity contribution < 1.29 is 4.79 Å². The van der Waals surface area contributed by atoms with Gasteiger partial charge in [-0.25, -0.2) is 4.68 Å². The molecule has 0 bridgehead atoms. The molecule has 17 heavy (non-hydrogen) atoms. The van der Waals surface area contributed by atoms with Crippen molar-refractivity contribution in [3.63, 3.8) is 0 Å². The van der Waals surface area contributed by atoms with Crippen LogP contribution in [-0.4, -0.2) is 15.7 Å². The van der Waals surface area contributed by atoms with Crippen LogP contribution in [0.25, 0.3) is 6.08 Å². The summed E-state index contributed by atoms with van der Waals surface area (Å²) in [5.74, 6) is -0.235. The Morgan fingerprint density at radius 2 is 2.18 bits per heavy atom. The molecule has 1 aromatic carbocycles. The second kappa shape index (κ2) is 5.17. The number of rotatable bonds is 2. The normalized spacial score (nSPS) is 10.9.